The number of carboxylic acid groups (broad SMARTS) is 1. The van der Waals surface area contributed by atoms with Crippen LogP contribution >= 0.6 is 0 Å². The molecule has 0 radical (unpaired) electrons. The van der Waals surface area contributed by atoms with Crippen LogP contribution in [0.5, 0.6) is 0 Å². The Hall–Kier alpha value is -1.65. The van der Waals surface area contributed by atoms with Crippen LogP contribution in [0, 0.1) is 13.8 Å². The highest BCUT2D eigenvalue weighted by Gasteiger charge is 2.21. The number of aromatic nitrogens is 2. The van der Waals surface area contributed by atoms with Gasteiger partial charge in [0.25, 0.3) is 0 Å². The van der Waals surface area contributed by atoms with Crippen LogP contribution in [0.2, 0.25) is 0 Å². The number of aliphatic carboxylic acids is 1. The Kier molecular flexibility index (Phi) is 3.47. The fourth-order valence-electron chi connectivity index (χ4n) is 1.94. The smallest absolute Gasteiger partial charge is 0.347 e. The second kappa shape index (κ2) is 4.47. The molecule has 1 heterocycles. The molecule has 16 heavy (non-hydrogen) atoms. The van der Waals surface area contributed by atoms with Gasteiger partial charge in [0.1, 0.15) is 0 Å². The van der Waals surface area contributed by atoms with E-state index in [-0.39, 0.29) is 5.69 Å². The second-order valence-electron chi connectivity index (χ2n) is 3.78. The Morgan fingerprint density at radius 2 is 2.06 bits per heavy atom. The number of nitrogens with zero attached hydrogens (tertiary/aromatic N) is 2. The molecule has 1 atom stereocenters. The molecule has 0 aliphatic rings. The molecule has 0 aliphatic heterocycles. The minimum absolute atomic E-state index is 0.321. The lowest BCUT2D eigenvalue weighted by Gasteiger charge is -2.16. The van der Waals surface area contributed by atoms with Crippen molar-refractivity contribution >= 4 is 5.97 Å². The molecule has 0 aliphatic carbocycles. The standard InChI is InChI=1S/C11H16N2O3/c1-5-13-8(4)9(6(2)10(14)15)7(3)12-11(13)16/h6H,5H2,1-4H3,(H,14,15). The third kappa shape index (κ3) is 1.98. The zero-order valence-electron chi connectivity index (χ0n) is 9.94. The van der Waals surface area contributed by atoms with Gasteiger partial charge in [0.05, 0.1) is 5.92 Å². The lowest BCUT2D eigenvalue weighted by atomic mass is 9.98. The minimum Gasteiger partial charge on any atom is -0.481 e. The maximum atomic E-state index is 11.5. The van der Waals surface area contributed by atoms with Gasteiger partial charge in [0.2, 0.25) is 0 Å². The van der Waals surface area contributed by atoms with Crippen molar-refractivity contribution in [3.63, 3.8) is 0 Å². The molecule has 1 N–H and O–H groups in total. The van der Waals surface area contributed by atoms with Gasteiger partial charge in [-0.25, -0.2) is 4.79 Å². The van der Waals surface area contributed by atoms with Crippen LogP contribution in [0.1, 0.15) is 36.7 Å². The van der Waals surface area contributed by atoms with Crippen molar-refractivity contribution in [1.82, 2.24) is 9.55 Å². The van der Waals surface area contributed by atoms with Crippen molar-refractivity contribution in [2.24, 2.45) is 0 Å². The zero-order chi connectivity index (χ0) is 12.5. The average molecular weight is 224 g/mol. The Labute approximate surface area is 93.8 Å². The first-order valence-corrected chi connectivity index (χ1v) is 5.20. The monoisotopic (exact) mass is 224 g/mol. The van der Waals surface area contributed by atoms with Crippen molar-refractivity contribution in [2.45, 2.75) is 40.2 Å². The molecule has 0 aromatic carbocycles. The maximum Gasteiger partial charge on any atom is 0.347 e. The van der Waals surface area contributed by atoms with Gasteiger partial charge in [-0.3, -0.25) is 9.36 Å². The van der Waals surface area contributed by atoms with Crippen molar-refractivity contribution in [3.8, 4) is 0 Å². The van der Waals surface area contributed by atoms with Crippen molar-refractivity contribution in [2.75, 3.05) is 0 Å². The summed E-state index contributed by atoms with van der Waals surface area (Å²) in [6.07, 6.45) is 0. The van der Waals surface area contributed by atoms with Crippen LogP contribution in [0.15, 0.2) is 4.79 Å². The number of carbonyl (C=O) groups is 1. The first-order chi connectivity index (χ1) is 7.40. The van der Waals surface area contributed by atoms with Gasteiger partial charge in [-0.1, -0.05) is 0 Å². The van der Waals surface area contributed by atoms with Crippen LogP contribution in [0.4, 0.5) is 0 Å². The van der Waals surface area contributed by atoms with Gasteiger partial charge >= 0.3 is 11.7 Å². The molecule has 1 unspecified atom stereocenters. The van der Waals surface area contributed by atoms with Gasteiger partial charge in [0.15, 0.2) is 0 Å². The molecule has 0 saturated carbocycles. The minimum atomic E-state index is -0.908. The van der Waals surface area contributed by atoms with E-state index < -0.39 is 11.9 Å². The summed E-state index contributed by atoms with van der Waals surface area (Å²) in [7, 11) is 0. The van der Waals surface area contributed by atoms with Crippen molar-refractivity contribution in [1.29, 1.82) is 0 Å². The third-order valence-corrected chi connectivity index (χ3v) is 2.80. The summed E-state index contributed by atoms with van der Waals surface area (Å²) in [5.41, 5.74) is 1.50. The van der Waals surface area contributed by atoms with Crippen LogP contribution in [-0.2, 0) is 11.3 Å². The highest BCUT2D eigenvalue weighted by Crippen LogP contribution is 2.21. The van der Waals surface area contributed by atoms with E-state index in [1.807, 2.05) is 6.92 Å². The molecule has 88 valence electrons. The molecular weight excluding hydrogens is 208 g/mol. The summed E-state index contributed by atoms with van der Waals surface area (Å²) in [6.45, 7) is 7.36. The molecule has 0 spiro atoms. The average Bonchev–Trinajstić information content (AvgIpc) is 2.17. The molecule has 0 fully saturated rings. The summed E-state index contributed by atoms with van der Waals surface area (Å²) >= 11 is 0. The Balaban J connectivity index is 3.51. The second-order valence-corrected chi connectivity index (χ2v) is 3.78. The predicted molar refractivity (Wildman–Crippen MR) is 59.7 cm³/mol. The quantitative estimate of drug-likeness (QED) is 0.833. The Bertz CT molecular complexity index is 477. The summed E-state index contributed by atoms with van der Waals surface area (Å²) in [5, 5.41) is 9.00. The van der Waals surface area contributed by atoms with E-state index in [2.05, 4.69) is 4.98 Å². The molecule has 0 amide bonds. The SMILES string of the molecule is CCn1c(C)c(C(C)C(=O)O)c(C)nc1=O. The van der Waals surface area contributed by atoms with E-state index >= 15 is 0 Å². The van der Waals surface area contributed by atoms with Crippen molar-refractivity contribution < 1.29 is 9.90 Å². The van der Waals surface area contributed by atoms with Crippen LogP contribution in [0.3, 0.4) is 0 Å². The molecular formula is C11H16N2O3. The molecule has 0 saturated heterocycles. The van der Waals surface area contributed by atoms with Crippen molar-refractivity contribution in [3.05, 3.63) is 27.4 Å². The summed E-state index contributed by atoms with van der Waals surface area (Å²) in [6, 6.07) is 0. The molecule has 1 rings (SSSR count). The first kappa shape index (κ1) is 12.4. The lowest BCUT2D eigenvalue weighted by molar-refractivity contribution is -0.138. The largest absolute Gasteiger partial charge is 0.481 e. The van der Waals surface area contributed by atoms with E-state index in [9.17, 15) is 9.59 Å². The number of rotatable bonds is 3. The molecule has 1 aromatic heterocycles. The summed E-state index contributed by atoms with van der Waals surface area (Å²) in [5.74, 6) is -1.56. The highest BCUT2D eigenvalue weighted by atomic mass is 16.4. The first-order valence-electron chi connectivity index (χ1n) is 5.20. The number of aryl methyl sites for hydroxylation is 1. The fourth-order valence-corrected chi connectivity index (χ4v) is 1.94. The van der Waals surface area contributed by atoms with E-state index in [4.69, 9.17) is 5.11 Å². The molecule has 5 nitrogen and oxygen atoms in total. The maximum absolute atomic E-state index is 11.5. The topological polar surface area (TPSA) is 72.2 Å². The van der Waals surface area contributed by atoms with Gasteiger partial charge < -0.3 is 5.11 Å². The van der Waals surface area contributed by atoms with Gasteiger partial charge in [0, 0.05) is 23.5 Å². The Morgan fingerprint density at radius 1 is 1.50 bits per heavy atom. The van der Waals surface area contributed by atoms with Crippen LogP contribution in [-0.4, -0.2) is 20.6 Å². The highest BCUT2D eigenvalue weighted by molar-refractivity contribution is 5.76. The third-order valence-electron chi connectivity index (χ3n) is 2.80. The number of carboxylic acids is 1. The number of hydrogen-bond acceptors (Lipinski definition) is 3. The number of hydrogen-bond donors (Lipinski definition) is 1. The molecule has 1 aromatic rings. The van der Waals surface area contributed by atoms with Crippen LogP contribution in [0.25, 0.3) is 0 Å². The van der Waals surface area contributed by atoms with Crippen LogP contribution < -0.4 is 5.69 Å². The zero-order valence-corrected chi connectivity index (χ0v) is 9.94. The van der Waals surface area contributed by atoms with E-state index in [0.717, 1.165) is 0 Å². The van der Waals surface area contributed by atoms with Gasteiger partial charge in [-0.15, -0.1) is 0 Å². The van der Waals surface area contributed by atoms with E-state index in [1.165, 1.54) is 4.57 Å². The normalized spacial score (nSPS) is 12.5. The lowest BCUT2D eigenvalue weighted by Crippen LogP contribution is -2.28. The van der Waals surface area contributed by atoms with Gasteiger partial charge in [-0.2, -0.15) is 4.98 Å². The fraction of sp³-hybridized carbons (Fsp3) is 0.545. The molecule has 5 heteroatoms. The molecule has 0 bridgehead atoms. The Morgan fingerprint density at radius 3 is 2.50 bits per heavy atom. The van der Waals surface area contributed by atoms with E-state index in [1.54, 1.807) is 20.8 Å². The summed E-state index contributed by atoms with van der Waals surface area (Å²) < 4.78 is 1.49. The van der Waals surface area contributed by atoms with E-state index in [0.29, 0.717) is 23.5 Å². The predicted octanol–water partition coefficient (Wildman–Crippen LogP) is 1.07. The summed E-state index contributed by atoms with van der Waals surface area (Å²) in [4.78, 5) is 26.4. The van der Waals surface area contributed by atoms with Gasteiger partial charge in [-0.05, 0) is 27.7 Å².